The Kier molecular flexibility index (Phi) is 9.19. The Balaban J connectivity index is 3.10. The van der Waals surface area contributed by atoms with E-state index in [4.69, 9.17) is 4.74 Å². The highest BCUT2D eigenvalue weighted by molar-refractivity contribution is 8.28. The summed E-state index contributed by atoms with van der Waals surface area (Å²) in [6.07, 6.45) is 7.47. The largest absolute Gasteiger partial charge is 0.380 e. The van der Waals surface area contributed by atoms with Crippen molar-refractivity contribution in [1.82, 2.24) is 5.32 Å². The van der Waals surface area contributed by atoms with Crippen LogP contribution in [-0.4, -0.2) is 37.5 Å². The Morgan fingerprint density at radius 2 is 2.00 bits per heavy atom. The molecule has 0 aliphatic rings. The zero-order valence-corrected chi connectivity index (χ0v) is 10.4. The number of hydrogen-bond acceptors (Lipinski definition) is 2. The lowest BCUT2D eigenvalue weighted by Gasteiger charge is -2.10. The molecule has 0 saturated carbocycles. The van der Waals surface area contributed by atoms with Crippen LogP contribution in [0, 0.1) is 0 Å². The fourth-order valence-corrected chi connectivity index (χ4v) is 1.37. The first-order valence-corrected chi connectivity index (χ1v) is 7.45. The van der Waals surface area contributed by atoms with E-state index in [2.05, 4.69) is 12.2 Å². The molecular weight excluding hydrogens is 198 g/mol. The number of amides is 1. The summed E-state index contributed by atoms with van der Waals surface area (Å²) in [6.45, 7) is 4.27. The number of thiol groups is 1. The number of carbonyl (C=O) groups is 1. The fourth-order valence-electron chi connectivity index (χ4n) is 0.944. The molecule has 3 nitrogen and oxygen atoms in total. The second-order valence-corrected chi connectivity index (χ2v) is 5.64. The maximum atomic E-state index is 11.1. The van der Waals surface area contributed by atoms with E-state index in [0.29, 0.717) is 13.2 Å². The first-order chi connectivity index (χ1) is 6.68. The quantitative estimate of drug-likeness (QED) is 0.511. The molecular formula is C10H23NO2S. The van der Waals surface area contributed by atoms with Gasteiger partial charge >= 0.3 is 0 Å². The van der Waals surface area contributed by atoms with Gasteiger partial charge in [0.15, 0.2) is 0 Å². The highest BCUT2D eigenvalue weighted by atomic mass is 32.2. The highest BCUT2D eigenvalue weighted by Gasteiger charge is 2.00. The van der Waals surface area contributed by atoms with Gasteiger partial charge in [0.2, 0.25) is 0 Å². The van der Waals surface area contributed by atoms with Gasteiger partial charge in [-0.05, 0) is 18.9 Å². The first kappa shape index (κ1) is 13.8. The summed E-state index contributed by atoms with van der Waals surface area (Å²) in [5, 5.41) is 3.00. The van der Waals surface area contributed by atoms with E-state index in [0.717, 1.165) is 13.0 Å². The van der Waals surface area contributed by atoms with Gasteiger partial charge in [0, 0.05) is 13.2 Å². The predicted molar refractivity (Wildman–Crippen MR) is 64.6 cm³/mol. The Morgan fingerprint density at radius 1 is 1.29 bits per heavy atom. The van der Waals surface area contributed by atoms with Crippen molar-refractivity contribution in [1.29, 1.82) is 0 Å². The summed E-state index contributed by atoms with van der Waals surface area (Å²) in [6, 6.07) is 0. The lowest BCUT2D eigenvalue weighted by atomic mass is 10.3. The van der Waals surface area contributed by atoms with Crippen molar-refractivity contribution in [2.45, 2.75) is 26.2 Å². The second kappa shape index (κ2) is 9.34. The molecule has 0 heterocycles. The third kappa shape index (κ3) is 8.38. The molecule has 14 heavy (non-hydrogen) atoms. The maximum Gasteiger partial charge on any atom is 0.258 e. The van der Waals surface area contributed by atoms with Crippen LogP contribution in [0.5, 0.6) is 0 Å². The van der Waals surface area contributed by atoms with Gasteiger partial charge in [-0.15, -0.1) is 0 Å². The zero-order chi connectivity index (χ0) is 10.8. The second-order valence-electron chi connectivity index (χ2n) is 3.45. The molecule has 1 amide bonds. The van der Waals surface area contributed by atoms with E-state index >= 15 is 0 Å². The molecule has 4 heteroatoms. The van der Waals surface area contributed by atoms with Gasteiger partial charge in [0.1, 0.15) is 0 Å². The van der Waals surface area contributed by atoms with Crippen LogP contribution in [0.2, 0.25) is 0 Å². The molecule has 86 valence electrons. The number of nitrogens with one attached hydrogen (secondary N) is 1. The van der Waals surface area contributed by atoms with Crippen LogP contribution in [0.4, 0.5) is 4.79 Å². The van der Waals surface area contributed by atoms with Crippen molar-refractivity contribution in [3.05, 3.63) is 0 Å². The van der Waals surface area contributed by atoms with Gasteiger partial charge in [0.05, 0.1) is 6.61 Å². The number of carbonyl (C=O) groups excluding carboxylic acids is 1. The van der Waals surface area contributed by atoms with Crippen LogP contribution >= 0.6 is 10.9 Å². The Morgan fingerprint density at radius 3 is 2.57 bits per heavy atom. The number of hydrogen-bond donors (Lipinski definition) is 2. The van der Waals surface area contributed by atoms with E-state index in [1.54, 1.807) is 0 Å². The Bertz CT molecular complexity index is 151. The number of unbranched alkanes of at least 4 members (excludes halogenated alkanes) is 2. The number of ether oxygens (including phenoxy) is 1. The topological polar surface area (TPSA) is 38.3 Å². The van der Waals surface area contributed by atoms with E-state index in [1.807, 2.05) is 12.5 Å². The molecule has 0 unspecified atom stereocenters. The molecule has 0 aliphatic heterocycles. The van der Waals surface area contributed by atoms with Gasteiger partial charge in [-0.3, -0.25) is 4.79 Å². The van der Waals surface area contributed by atoms with Crippen LogP contribution in [0.3, 0.4) is 0 Å². The average molecular weight is 221 g/mol. The maximum absolute atomic E-state index is 11.1. The van der Waals surface area contributed by atoms with Gasteiger partial charge in [-0.2, -0.15) is 10.9 Å². The van der Waals surface area contributed by atoms with Crippen LogP contribution < -0.4 is 5.32 Å². The minimum Gasteiger partial charge on any atom is -0.380 e. The molecule has 0 radical (unpaired) electrons. The lowest BCUT2D eigenvalue weighted by Crippen LogP contribution is -2.25. The zero-order valence-electron chi connectivity index (χ0n) is 9.51. The van der Waals surface area contributed by atoms with E-state index in [1.165, 1.54) is 12.8 Å². The van der Waals surface area contributed by atoms with Crippen LogP contribution in [0.1, 0.15) is 26.2 Å². The van der Waals surface area contributed by atoms with Crippen molar-refractivity contribution in [3.8, 4) is 0 Å². The van der Waals surface area contributed by atoms with E-state index < -0.39 is 10.9 Å². The minimum absolute atomic E-state index is 0.164. The molecule has 1 N–H and O–H groups in total. The van der Waals surface area contributed by atoms with Gasteiger partial charge in [-0.1, -0.05) is 19.8 Å². The minimum atomic E-state index is -0.497. The standard InChI is InChI=1S/C10H23NO2S/c1-4-5-6-8-13-9-7-11-10(12)14(2)3/h14H,4-9H2,1-3H3,(H,11,12). The van der Waals surface area contributed by atoms with E-state index in [9.17, 15) is 4.79 Å². The average Bonchev–Trinajstić information content (AvgIpc) is 2.16. The van der Waals surface area contributed by atoms with Gasteiger partial charge < -0.3 is 10.1 Å². The summed E-state index contributed by atoms with van der Waals surface area (Å²) < 4.78 is 5.36. The normalized spacial score (nSPS) is 11.2. The van der Waals surface area contributed by atoms with E-state index in [-0.39, 0.29) is 5.24 Å². The lowest BCUT2D eigenvalue weighted by molar-refractivity contribution is 0.133. The van der Waals surface area contributed by atoms with Crippen molar-refractivity contribution >= 4 is 16.1 Å². The molecule has 0 aliphatic carbocycles. The molecule has 0 spiro atoms. The third-order valence-corrected chi connectivity index (χ3v) is 2.79. The monoisotopic (exact) mass is 221 g/mol. The van der Waals surface area contributed by atoms with Crippen LogP contribution in [0.25, 0.3) is 0 Å². The summed E-state index contributed by atoms with van der Waals surface area (Å²) in [5.41, 5.74) is 0. The van der Waals surface area contributed by atoms with Crippen molar-refractivity contribution in [2.75, 3.05) is 32.3 Å². The Labute approximate surface area is 89.9 Å². The highest BCUT2D eigenvalue weighted by Crippen LogP contribution is 2.12. The molecule has 0 fully saturated rings. The molecule has 0 aromatic carbocycles. The van der Waals surface area contributed by atoms with Crippen molar-refractivity contribution in [3.63, 3.8) is 0 Å². The first-order valence-electron chi connectivity index (χ1n) is 5.21. The smallest absolute Gasteiger partial charge is 0.258 e. The van der Waals surface area contributed by atoms with Crippen molar-refractivity contribution in [2.24, 2.45) is 0 Å². The number of rotatable bonds is 7. The van der Waals surface area contributed by atoms with Gasteiger partial charge in [-0.25, -0.2) is 0 Å². The molecule has 0 rings (SSSR count). The molecule has 0 saturated heterocycles. The summed E-state index contributed by atoms with van der Waals surface area (Å²) in [4.78, 5) is 11.1. The third-order valence-electron chi connectivity index (χ3n) is 1.82. The van der Waals surface area contributed by atoms with Crippen molar-refractivity contribution < 1.29 is 9.53 Å². The van der Waals surface area contributed by atoms with Crippen LogP contribution in [-0.2, 0) is 4.74 Å². The summed E-state index contributed by atoms with van der Waals surface area (Å²) in [7, 11) is -0.497. The summed E-state index contributed by atoms with van der Waals surface area (Å²) in [5.74, 6) is 0. The molecule has 0 atom stereocenters. The van der Waals surface area contributed by atoms with Gasteiger partial charge in [0.25, 0.3) is 5.24 Å². The molecule has 0 aromatic rings. The fraction of sp³-hybridized carbons (Fsp3) is 0.900. The predicted octanol–water partition coefficient (Wildman–Crippen LogP) is 2.16. The Hall–Kier alpha value is -0.220. The summed E-state index contributed by atoms with van der Waals surface area (Å²) >= 11 is 0. The molecule has 0 aromatic heterocycles. The SMILES string of the molecule is CCCCCOCCNC(=O)[SH](C)C. The molecule has 0 bridgehead atoms. The van der Waals surface area contributed by atoms with Crippen LogP contribution in [0.15, 0.2) is 0 Å².